The third-order valence-corrected chi connectivity index (χ3v) is 6.81. The average Bonchev–Trinajstić information content (AvgIpc) is 3.29. The molecular weight excluding hydrogens is 476 g/mol. The molecule has 0 unspecified atom stereocenters. The molecule has 1 aliphatic carbocycles. The fourth-order valence-electron chi connectivity index (χ4n) is 4.57. The van der Waals surface area contributed by atoms with E-state index in [0.717, 1.165) is 28.1 Å². The number of imidazole rings is 2. The van der Waals surface area contributed by atoms with Crippen molar-refractivity contribution in [2.45, 2.75) is 51.0 Å². The van der Waals surface area contributed by atoms with Gasteiger partial charge in [0.2, 0.25) is 0 Å². The molecule has 1 aliphatic rings. The molecule has 180 valence electrons. The Morgan fingerprint density at radius 2 is 2.06 bits per heavy atom. The van der Waals surface area contributed by atoms with Crippen molar-refractivity contribution in [3.8, 4) is 6.07 Å². The summed E-state index contributed by atoms with van der Waals surface area (Å²) in [7, 11) is 0. The van der Waals surface area contributed by atoms with Gasteiger partial charge in [-0.25, -0.2) is 14.6 Å². The van der Waals surface area contributed by atoms with Crippen molar-refractivity contribution >= 4 is 28.5 Å². The summed E-state index contributed by atoms with van der Waals surface area (Å²) in [6.45, 7) is 0.405. The molecule has 0 bridgehead atoms. The Hall–Kier alpha value is -4.03. The second-order valence-electron chi connectivity index (χ2n) is 9.25. The Balaban J connectivity index is 1.16. The number of pyridine rings is 2. The van der Waals surface area contributed by atoms with Gasteiger partial charge in [-0.15, -0.1) is 5.10 Å². The van der Waals surface area contributed by atoms with Crippen LogP contribution in [0.4, 0.5) is 0 Å². The van der Waals surface area contributed by atoms with Crippen LogP contribution in [0.15, 0.2) is 49.3 Å². The number of Topliss-reactive ketones (excluding diaryl/α,β-unsaturated/α-hetero) is 1. The molecule has 0 aliphatic heterocycles. The summed E-state index contributed by atoms with van der Waals surface area (Å²) in [6.07, 6.45) is 13.7. The number of hydrogen-bond donors (Lipinski definition) is 0. The fraction of sp³-hybridized carbons (Fsp3) is 0.308. The normalized spacial score (nSPS) is 13.4. The number of aryl methyl sites for hydroxylation is 2. The molecule has 5 aromatic rings. The van der Waals surface area contributed by atoms with Gasteiger partial charge in [-0.3, -0.25) is 4.79 Å². The molecule has 0 N–H and O–H groups in total. The Morgan fingerprint density at radius 1 is 1.17 bits per heavy atom. The molecule has 10 heteroatoms. The molecule has 9 nitrogen and oxygen atoms in total. The topological polar surface area (TPSA) is 106 Å². The molecule has 6 rings (SSSR count). The minimum absolute atomic E-state index is 0.0905. The van der Waals surface area contributed by atoms with Crippen LogP contribution in [-0.4, -0.2) is 39.5 Å². The average molecular weight is 499 g/mol. The van der Waals surface area contributed by atoms with Gasteiger partial charge >= 0.3 is 0 Å². The molecular formula is C26H23ClN8O. The van der Waals surface area contributed by atoms with Gasteiger partial charge in [0.15, 0.2) is 5.78 Å². The summed E-state index contributed by atoms with van der Waals surface area (Å²) >= 11 is 6.11. The van der Waals surface area contributed by atoms with E-state index in [4.69, 9.17) is 21.8 Å². The lowest BCUT2D eigenvalue weighted by Crippen LogP contribution is -2.03. The maximum absolute atomic E-state index is 12.8. The predicted molar refractivity (Wildman–Crippen MR) is 133 cm³/mol. The van der Waals surface area contributed by atoms with Gasteiger partial charge in [-0.2, -0.15) is 5.26 Å². The van der Waals surface area contributed by atoms with Gasteiger partial charge in [0, 0.05) is 36.5 Å². The molecule has 1 fully saturated rings. The first-order chi connectivity index (χ1) is 17.6. The van der Waals surface area contributed by atoms with Gasteiger partial charge in [0.1, 0.15) is 11.3 Å². The third kappa shape index (κ3) is 4.48. The van der Waals surface area contributed by atoms with E-state index in [0.29, 0.717) is 42.4 Å². The number of ketones is 1. The van der Waals surface area contributed by atoms with Crippen molar-refractivity contribution in [2.24, 2.45) is 0 Å². The highest BCUT2D eigenvalue weighted by Gasteiger charge is 2.25. The summed E-state index contributed by atoms with van der Waals surface area (Å²) in [4.78, 5) is 22.0. The molecule has 0 spiro atoms. The maximum atomic E-state index is 12.8. The Morgan fingerprint density at radius 3 is 2.89 bits per heavy atom. The Kier molecular flexibility index (Phi) is 5.74. The van der Waals surface area contributed by atoms with Crippen molar-refractivity contribution in [1.82, 2.24) is 33.8 Å². The Bertz CT molecular complexity index is 1630. The fourth-order valence-corrected chi connectivity index (χ4v) is 4.73. The lowest BCUT2D eigenvalue weighted by molar-refractivity contribution is 0.0977. The molecule has 36 heavy (non-hydrogen) atoms. The van der Waals surface area contributed by atoms with Gasteiger partial charge in [0.25, 0.3) is 0 Å². The quantitative estimate of drug-likeness (QED) is 0.278. The van der Waals surface area contributed by atoms with E-state index < -0.39 is 0 Å². The minimum Gasteiger partial charge on any atom is -0.306 e. The molecule has 0 saturated heterocycles. The largest absolute Gasteiger partial charge is 0.306 e. The van der Waals surface area contributed by atoms with E-state index in [1.165, 1.54) is 18.4 Å². The van der Waals surface area contributed by atoms with Gasteiger partial charge in [-0.1, -0.05) is 22.9 Å². The molecule has 0 amide bonds. The maximum Gasteiger partial charge on any atom is 0.185 e. The molecule has 5 aromatic heterocycles. The number of nitriles is 1. The van der Waals surface area contributed by atoms with E-state index in [9.17, 15) is 4.79 Å². The second-order valence-corrected chi connectivity index (χ2v) is 9.68. The molecule has 0 radical (unpaired) electrons. The van der Waals surface area contributed by atoms with Crippen LogP contribution in [-0.2, 0) is 19.4 Å². The van der Waals surface area contributed by atoms with E-state index in [1.54, 1.807) is 23.3 Å². The van der Waals surface area contributed by atoms with Crippen molar-refractivity contribution in [2.75, 3.05) is 0 Å². The van der Waals surface area contributed by atoms with Crippen molar-refractivity contribution in [3.05, 3.63) is 82.5 Å². The molecule has 0 atom stereocenters. The van der Waals surface area contributed by atoms with Crippen LogP contribution < -0.4 is 0 Å². The van der Waals surface area contributed by atoms with Gasteiger partial charge in [-0.05, 0) is 54.9 Å². The van der Waals surface area contributed by atoms with Crippen LogP contribution >= 0.6 is 11.6 Å². The summed E-state index contributed by atoms with van der Waals surface area (Å²) < 4.78 is 5.58. The first-order valence-electron chi connectivity index (χ1n) is 12.0. The van der Waals surface area contributed by atoms with E-state index in [2.05, 4.69) is 38.0 Å². The van der Waals surface area contributed by atoms with E-state index in [-0.39, 0.29) is 12.2 Å². The monoisotopic (exact) mass is 498 g/mol. The molecule has 1 saturated carbocycles. The van der Waals surface area contributed by atoms with Gasteiger partial charge < -0.3 is 8.80 Å². The number of carbonyl (C=O) groups excluding carboxylic acids is 1. The number of rotatable bonds is 9. The summed E-state index contributed by atoms with van der Waals surface area (Å²) in [6, 6.07) is 8.08. The summed E-state index contributed by atoms with van der Waals surface area (Å²) in [5.74, 6) is 0.523. The minimum atomic E-state index is -0.0905. The smallest absolute Gasteiger partial charge is 0.185 e. The highest BCUT2D eigenvalue weighted by molar-refractivity contribution is 6.30. The number of carbonyl (C=O) groups is 1. The highest BCUT2D eigenvalue weighted by atomic mass is 35.5. The van der Waals surface area contributed by atoms with Crippen LogP contribution in [0.1, 0.15) is 64.6 Å². The summed E-state index contributed by atoms with van der Waals surface area (Å²) in [5, 5.41) is 17.9. The van der Waals surface area contributed by atoms with E-state index >= 15 is 0 Å². The van der Waals surface area contributed by atoms with Crippen LogP contribution in [0, 0.1) is 11.3 Å². The molecule has 5 heterocycles. The lowest BCUT2D eigenvalue weighted by atomic mass is 10.1. The van der Waals surface area contributed by atoms with Crippen molar-refractivity contribution in [1.29, 1.82) is 5.26 Å². The van der Waals surface area contributed by atoms with Crippen molar-refractivity contribution in [3.63, 3.8) is 0 Å². The number of nitrogens with zero attached hydrogens (tertiary/aromatic N) is 8. The SMILES string of the molecule is N#CCCc1cc(C2CC2)cn2cc(Cn3cc(C(=O)CCc4ncn5ccc(Cl)cc45)nn3)nc12. The van der Waals surface area contributed by atoms with Crippen LogP contribution in [0.5, 0.6) is 0 Å². The third-order valence-electron chi connectivity index (χ3n) is 6.57. The zero-order valence-electron chi connectivity index (χ0n) is 19.5. The predicted octanol–water partition coefficient (Wildman–Crippen LogP) is 4.42. The first-order valence-corrected chi connectivity index (χ1v) is 12.4. The van der Waals surface area contributed by atoms with E-state index in [1.807, 2.05) is 22.9 Å². The lowest BCUT2D eigenvalue weighted by Gasteiger charge is -2.06. The number of aromatic nitrogens is 7. The molecule has 0 aromatic carbocycles. The zero-order chi connectivity index (χ0) is 24.6. The number of hydrogen-bond acceptors (Lipinski definition) is 6. The Labute approximate surface area is 212 Å². The number of fused-ring (bicyclic) bond motifs is 2. The highest BCUT2D eigenvalue weighted by Crippen LogP contribution is 2.40. The first kappa shape index (κ1) is 22.4. The van der Waals surface area contributed by atoms with Gasteiger partial charge in [0.05, 0.1) is 42.0 Å². The van der Waals surface area contributed by atoms with Crippen LogP contribution in [0.25, 0.3) is 11.2 Å². The second kappa shape index (κ2) is 9.21. The zero-order valence-corrected chi connectivity index (χ0v) is 20.3. The van der Waals surface area contributed by atoms with Crippen LogP contribution in [0.3, 0.4) is 0 Å². The standard InChI is InChI=1S/C26H23ClN8O/c27-20-7-9-33-16-29-22(24(33)11-20)5-6-25(36)23-15-35(32-31-23)14-21-13-34-12-19(17-3-4-17)10-18(2-1-8-28)26(34)30-21/h7,9-13,15-17H,1-6,14H2. The van der Waals surface area contributed by atoms with Crippen molar-refractivity contribution < 1.29 is 4.79 Å². The van der Waals surface area contributed by atoms with Crippen LogP contribution in [0.2, 0.25) is 5.02 Å². The summed E-state index contributed by atoms with van der Waals surface area (Å²) in [5.41, 5.74) is 6.13. The number of halogens is 1.